The Hall–Kier alpha value is -3.23. The van der Waals surface area contributed by atoms with Gasteiger partial charge in [-0.05, 0) is 57.0 Å². The molecule has 1 atom stereocenters. The molecule has 0 radical (unpaired) electrons. The lowest BCUT2D eigenvalue weighted by Gasteiger charge is -2.33. The van der Waals surface area contributed by atoms with Gasteiger partial charge in [0, 0.05) is 30.2 Å². The molecule has 0 bridgehead atoms. The fourth-order valence-electron chi connectivity index (χ4n) is 4.18. The summed E-state index contributed by atoms with van der Waals surface area (Å²) in [6.07, 6.45) is 0.0731. The van der Waals surface area contributed by atoms with Gasteiger partial charge in [-0.2, -0.15) is 0 Å². The number of benzene rings is 2. The van der Waals surface area contributed by atoms with Crippen molar-refractivity contribution in [2.45, 2.75) is 40.2 Å². The van der Waals surface area contributed by atoms with E-state index < -0.39 is 6.10 Å². The molecule has 1 N–H and O–H groups in total. The van der Waals surface area contributed by atoms with Gasteiger partial charge in [0.15, 0.2) is 6.10 Å². The van der Waals surface area contributed by atoms with Gasteiger partial charge in [0.25, 0.3) is 5.91 Å². The Morgan fingerprint density at radius 2 is 1.94 bits per heavy atom. The minimum Gasteiger partial charge on any atom is -0.479 e. The Bertz CT molecular complexity index is 1210. The molecule has 4 rings (SSSR count). The molecular weight excluding hydrogens is 450 g/mol. The van der Waals surface area contributed by atoms with E-state index in [2.05, 4.69) is 10.3 Å². The molecule has 2 heterocycles. The third-order valence-corrected chi connectivity index (χ3v) is 6.69. The first-order chi connectivity index (χ1) is 16.3. The smallest absolute Gasteiger partial charge is 0.268 e. The van der Waals surface area contributed by atoms with Crippen molar-refractivity contribution in [1.82, 2.24) is 4.98 Å². The molecule has 178 valence electrons. The first-order valence-corrected chi connectivity index (χ1v) is 12.1. The number of rotatable bonds is 7. The predicted octanol–water partition coefficient (Wildman–Crippen LogP) is 4.68. The molecule has 0 saturated heterocycles. The highest BCUT2D eigenvalue weighted by Gasteiger charge is 2.33. The second kappa shape index (κ2) is 9.95. The lowest BCUT2D eigenvalue weighted by Crippen LogP contribution is -2.47. The average molecular weight is 480 g/mol. The summed E-state index contributed by atoms with van der Waals surface area (Å²) in [6, 6.07) is 9.68. The summed E-state index contributed by atoms with van der Waals surface area (Å²) in [4.78, 5) is 32.2. The average Bonchev–Trinajstić information content (AvgIpc) is 3.26. The Morgan fingerprint density at radius 3 is 2.65 bits per heavy atom. The number of hydrogen-bond donors (Lipinski definition) is 1. The van der Waals surface area contributed by atoms with Crippen LogP contribution < -0.4 is 15.0 Å². The van der Waals surface area contributed by atoms with E-state index in [0.29, 0.717) is 18.0 Å². The number of amides is 2. The molecule has 0 fully saturated rings. The van der Waals surface area contributed by atoms with E-state index in [1.165, 1.54) is 4.90 Å². The second-order valence-electron chi connectivity index (χ2n) is 8.56. The van der Waals surface area contributed by atoms with E-state index in [4.69, 9.17) is 9.47 Å². The number of aryl methyl sites for hydroxylation is 3. The molecule has 0 spiro atoms. The molecule has 1 aliphatic rings. The van der Waals surface area contributed by atoms with Crippen LogP contribution in [-0.4, -0.2) is 43.2 Å². The Kier molecular flexibility index (Phi) is 7.00. The highest BCUT2D eigenvalue weighted by molar-refractivity contribution is 7.09. The zero-order valence-corrected chi connectivity index (χ0v) is 20.9. The number of carbonyl (C=O) groups excluding carboxylic acids is 2. The van der Waals surface area contributed by atoms with Gasteiger partial charge < -0.3 is 14.8 Å². The maximum atomic E-state index is 13.0. The van der Waals surface area contributed by atoms with Crippen molar-refractivity contribution < 1.29 is 19.1 Å². The highest BCUT2D eigenvalue weighted by Crippen LogP contribution is 2.38. The first-order valence-electron chi connectivity index (χ1n) is 11.2. The van der Waals surface area contributed by atoms with Gasteiger partial charge in [-0.25, -0.2) is 4.98 Å². The van der Waals surface area contributed by atoms with Gasteiger partial charge in [-0.3, -0.25) is 14.5 Å². The molecule has 7 nitrogen and oxygen atoms in total. The van der Waals surface area contributed by atoms with Gasteiger partial charge in [0.2, 0.25) is 5.91 Å². The topological polar surface area (TPSA) is 80.8 Å². The number of aromatic nitrogens is 1. The molecule has 1 aromatic heterocycles. The fourth-order valence-corrected chi connectivity index (χ4v) is 4.97. The second-order valence-corrected chi connectivity index (χ2v) is 9.50. The number of fused-ring (bicyclic) bond motifs is 1. The maximum Gasteiger partial charge on any atom is 0.268 e. The number of methoxy groups -OCH3 is 1. The van der Waals surface area contributed by atoms with E-state index in [0.717, 1.165) is 45.1 Å². The van der Waals surface area contributed by atoms with Crippen LogP contribution in [0.3, 0.4) is 0 Å². The summed E-state index contributed by atoms with van der Waals surface area (Å²) in [7, 11) is 1.67. The van der Waals surface area contributed by atoms with Crippen molar-refractivity contribution in [2.24, 2.45) is 0 Å². The highest BCUT2D eigenvalue weighted by atomic mass is 32.1. The van der Waals surface area contributed by atoms with Gasteiger partial charge in [-0.1, -0.05) is 17.7 Å². The fraction of sp³-hybridized carbons (Fsp3) is 0.346. The van der Waals surface area contributed by atoms with Crippen LogP contribution in [0.4, 0.5) is 11.4 Å². The summed E-state index contributed by atoms with van der Waals surface area (Å²) in [5.41, 5.74) is 6.15. The van der Waals surface area contributed by atoms with E-state index in [9.17, 15) is 9.59 Å². The summed E-state index contributed by atoms with van der Waals surface area (Å²) in [5.74, 6) is 0.0572. The van der Waals surface area contributed by atoms with Crippen molar-refractivity contribution in [3.63, 3.8) is 0 Å². The molecule has 0 aliphatic carbocycles. The monoisotopic (exact) mass is 479 g/mol. The number of hydrogen-bond acceptors (Lipinski definition) is 6. The Balaban J connectivity index is 1.60. The molecule has 1 unspecified atom stereocenters. The molecule has 2 amide bonds. The molecule has 2 aromatic carbocycles. The van der Waals surface area contributed by atoms with Gasteiger partial charge >= 0.3 is 0 Å². The number of carbonyl (C=O) groups is 2. The van der Waals surface area contributed by atoms with E-state index in [1.54, 1.807) is 25.4 Å². The van der Waals surface area contributed by atoms with E-state index in [1.807, 2.05) is 56.5 Å². The van der Waals surface area contributed by atoms with Crippen molar-refractivity contribution in [3.05, 3.63) is 57.4 Å². The van der Waals surface area contributed by atoms with Crippen LogP contribution in [0.1, 0.15) is 28.6 Å². The minimum absolute atomic E-state index is 0.105. The molecule has 34 heavy (non-hydrogen) atoms. The molecular formula is C26H29N3O4S. The number of nitrogens with one attached hydrogen (secondary N) is 1. The largest absolute Gasteiger partial charge is 0.479 e. The van der Waals surface area contributed by atoms with Crippen LogP contribution in [0.25, 0.3) is 11.3 Å². The van der Waals surface area contributed by atoms with Crippen LogP contribution in [0.2, 0.25) is 0 Å². The third kappa shape index (κ3) is 4.98. The standard InChI is InChI=1S/C26H29N3O4S/c1-15-10-16(2)25(17(3)11-15)28-23(30)13-29-21-12-19(6-7-22(21)33-18(4)26(29)31)20-14-34-24(27-20)8-9-32-5/h6-7,10-12,14,18H,8-9,13H2,1-5H3,(H,28,30). The van der Waals surface area contributed by atoms with Crippen LogP contribution in [0.5, 0.6) is 5.75 Å². The lowest BCUT2D eigenvalue weighted by molar-refractivity contribution is -0.127. The van der Waals surface area contributed by atoms with Gasteiger partial charge in [0.05, 0.1) is 23.0 Å². The van der Waals surface area contributed by atoms with Crippen molar-refractivity contribution in [1.29, 1.82) is 0 Å². The zero-order chi connectivity index (χ0) is 24.4. The number of thiazole rings is 1. The Morgan fingerprint density at radius 1 is 1.21 bits per heavy atom. The van der Waals surface area contributed by atoms with Crippen molar-refractivity contribution in [2.75, 3.05) is 30.5 Å². The molecule has 8 heteroatoms. The summed E-state index contributed by atoms with van der Waals surface area (Å²) in [5, 5.41) is 5.96. The first kappa shape index (κ1) is 23.9. The van der Waals surface area contributed by atoms with Crippen LogP contribution >= 0.6 is 11.3 Å². The molecule has 0 saturated carbocycles. The van der Waals surface area contributed by atoms with Crippen molar-refractivity contribution >= 4 is 34.5 Å². The SMILES string of the molecule is COCCc1nc(-c2ccc3c(c2)N(CC(=O)Nc2c(C)cc(C)cc2C)C(=O)C(C)O3)cs1. The summed E-state index contributed by atoms with van der Waals surface area (Å²) in [6.45, 7) is 8.16. The minimum atomic E-state index is -0.672. The van der Waals surface area contributed by atoms with Crippen molar-refractivity contribution in [3.8, 4) is 17.0 Å². The maximum absolute atomic E-state index is 13.0. The van der Waals surface area contributed by atoms with Gasteiger partial charge in [0.1, 0.15) is 12.3 Å². The quantitative estimate of drug-likeness (QED) is 0.532. The predicted molar refractivity (Wildman–Crippen MR) is 135 cm³/mol. The normalized spacial score (nSPS) is 15.1. The zero-order valence-electron chi connectivity index (χ0n) is 20.1. The third-order valence-electron chi connectivity index (χ3n) is 5.78. The summed E-state index contributed by atoms with van der Waals surface area (Å²) >= 11 is 1.57. The Labute approximate surface area is 203 Å². The van der Waals surface area contributed by atoms with Crippen LogP contribution in [0, 0.1) is 20.8 Å². The molecule has 3 aromatic rings. The number of ether oxygens (including phenoxy) is 2. The summed E-state index contributed by atoms with van der Waals surface area (Å²) < 4.78 is 11.0. The number of anilines is 2. The van der Waals surface area contributed by atoms with E-state index in [-0.39, 0.29) is 18.4 Å². The molecule has 1 aliphatic heterocycles. The van der Waals surface area contributed by atoms with E-state index >= 15 is 0 Å². The number of nitrogens with zero attached hydrogens (tertiary/aromatic N) is 2. The van der Waals surface area contributed by atoms with Crippen LogP contribution in [0.15, 0.2) is 35.7 Å². The van der Waals surface area contributed by atoms with Gasteiger partial charge in [-0.15, -0.1) is 11.3 Å². The van der Waals surface area contributed by atoms with Crippen LogP contribution in [-0.2, 0) is 20.7 Å². The lowest BCUT2D eigenvalue weighted by atomic mass is 10.0.